The molecule has 4 saturated carbocycles. The van der Waals surface area contributed by atoms with Crippen LogP contribution in [-0.4, -0.2) is 137 Å². The molecule has 17 nitrogen and oxygen atoms in total. The van der Waals surface area contributed by atoms with Gasteiger partial charge in [0.2, 0.25) is 0 Å². The van der Waals surface area contributed by atoms with Gasteiger partial charge < -0.3 is 64.9 Å². The van der Waals surface area contributed by atoms with E-state index in [2.05, 4.69) is 88.3 Å². The van der Waals surface area contributed by atoms with Crippen LogP contribution in [0.3, 0.4) is 0 Å². The lowest BCUT2D eigenvalue weighted by atomic mass is 9.33. The van der Waals surface area contributed by atoms with Crippen molar-refractivity contribution in [3.05, 3.63) is 40.5 Å². The van der Waals surface area contributed by atoms with Gasteiger partial charge in [0.25, 0.3) is 0 Å². The molecule has 6 fully saturated rings. The average molecular weight is 1040 g/mol. The molecule has 0 aromatic heterocycles. The smallest absolute Gasteiger partial charge is 0.335 e. The van der Waals surface area contributed by atoms with Crippen molar-refractivity contribution in [2.24, 2.45) is 50.2 Å². The molecule has 74 heavy (non-hydrogen) atoms. The molecule has 19 atom stereocenters. The number of aliphatic carboxylic acids is 3. The summed E-state index contributed by atoms with van der Waals surface area (Å²) < 4.78 is 23.4. The molecule has 2 heterocycles. The maximum absolute atomic E-state index is 14.8. The lowest BCUT2D eigenvalue weighted by Crippen LogP contribution is -2.68. The molecule has 0 unspecified atom stereocenters. The minimum atomic E-state index is -2.05. The average Bonchev–Trinajstić information content (AvgIpc) is 3.28. The molecule has 1 aromatic rings. The van der Waals surface area contributed by atoms with Gasteiger partial charge in [0.1, 0.15) is 42.4 Å². The summed E-state index contributed by atoms with van der Waals surface area (Å²) in [7, 11) is 0. The number of phenolic OH excluding ortho intramolecular Hbond substituents is 1. The first kappa shape index (κ1) is 58.2. The van der Waals surface area contributed by atoms with Gasteiger partial charge in [-0.25, -0.2) is 9.59 Å². The van der Waals surface area contributed by atoms with Crippen molar-refractivity contribution in [1.29, 1.82) is 0 Å². The Hall–Kier alpha value is -3.52. The van der Waals surface area contributed by atoms with E-state index >= 15 is 0 Å². The highest BCUT2D eigenvalue weighted by atomic mass is 16.8. The number of fused-ring (bicyclic) bond motifs is 7. The molecule has 17 heteroatoms. The third kappa shape index (κ3) is 9.57. The van der Waals surface area contributed by atoms with E-state index in [4.69, 9.17) is 18.9 Å². The van der Waals surface area contributed by atoms with Gasteiger partial charge in [-0.15, -0.1) is 0 Å². The zero-order chi connectivity index (χ0) is 55.6. The summed E-state index contributed by atoms with van der Waals surface area (Å²) in [6.45, 7) is 29.7. The van der Waals surface area contributed by atoms with Crippen LogP contribution in [-0.2, 0) is 49.0 Å². The van der Waals surface area contributed by atoms with Crippen LogP contribution in [0.4, 0.5) is 0 Å². The quantitative estimate of drug-likeness (QED) is 0.131. The number of carbonyl (C=O) groups is 4. The van der Waals surface area contributed by atoms with Gasteiger partial charge in [-0.3, -0.25) is 9.59 Å². The topological polar surface area (TPSA) is 287 Å². The molecular formula is C57H86O17. The number of ether oxygens (including phenoxy) is 4. The first-order valence-corrected chi connectivity index (χ1v) is 26.6. The number of hydrogen-bond donors (Lipinski definition) is 9. The van der Waals surface area contributed by atoms with Crippen LogP contribution in [0.1, 0.15) is 164 Å². The molecule has 0 spiro atoms. The van der Waals surface area contributed by atoms with Crippen LogP contribution in [0.2, 0.25) is 0 Å². The van der Waals surface area contributed by atoms with E-state index in [1.54, 1.807) is 0 Å². The van der Waals surface area contributed by atoms with Gasteiger partial charge in [-0.2, -0.15) is 0 Å². The van der Waals surface area contributed by atoms with Crippen LogP contribution in [0.5, 0.6) is 5.75 Å². The summed E-state index contributed by atoms with van der Waals surface area (Å²) in [5.41, 5.74) is 1.45. The summed E-state index contributed by atoms with van der Waals surface area (Å²) in [4.78, 5) is 51.3. The fourth-order valence-corrected chi connectivity index (χ4v) is 15.3. The van der Waals surface area contributed by atoms with E-state index in [0.29, 0.717) is 31.4 Å². The zero-order valence-electron chi connectivity index (χ0n) is 46.0. The fraction of sp³-hybridized carbons (Fsp3) is 0.789. The maximum atomic E-state index is 14.8. The summed E-state index contributed by atoms with van der Waals surface area (Å²) in [6.07, 6.45) is -12.2. The summed E-state index contributed by atoms with van der Waals surface area (Å²) in [5, 5.41) is 93.4. The number of aromatic hydroxyl groups is 1. The van der Waals surface area contributed by atoms with E-state index in [9.17, 15) is 65.1 Å². The van der Waals surface area contributed by atoms with Crippen LogP contribution in [0, 0.1) is 57.2 Å². The van der Waals surface area contributed by atoms with E-state index in [1.807, 2.05) is 26.8 Å². The molecule has 8 rings (SSSR count). The molecule has 0 radical (unpaired) electrons. The van der Waals surface area contributed by atoms with E-state index in [0.717, 1.165) is 48.8 Å². The van der Waals surface area contributed by atoms with Crippen molar-refractivity contribution in [2.75, 3.05) is 0 Å². The van der Waals surface area contributed by atoms with Crippen LogP contribution in [0.25, 0.3) is 0 Å². The van der Waals surface area contributed by atoms with Gasteiger partial charge in [0.15, 0.2) is 30.6 Å². The normalized spacial score (nSPS) is 44.0. The van der Waals surface area contributed by atoms with Crippen molar-refractivity contribution in [3.8, 4) is 5.75 Å². The largest absolute Gasteiger partial charge is 0.507 e. The fourth-order valence-electron chi connectivity index (χ4n) is 15.3. The second-order valence-electron chi connectivity index (χ2n) is 27.3. The number of hydrogen-bond acceptors (Lipinski definition) is 14. The third-order valence-corrected chi connectivity index (χ3v) is 20.1. The Morgan fingerprint density at radius 3 is 1.72 bits per heavy atom. The molecule has 7 aliphatic rings. The zero-order valence-corrected chi connectivity index (χ0v) is 46.0. The van der Waals surface area contributed by atoms with E-state index in [-0.39, 0.29) is 45.2 Å². The Bertz CT molecular complexity index is 2350. The highest BCUT2D eigenvalue weighted by Crippen LogP contribution is 2.75. The maximum Gasteiger partial charge on any atom is 0.335 e. The lowest BCUT2D eigenvalue weighted by molar-refractivity contribution is -0.371. The Kier molecular flexibility index (Phi) is 15.3. The van der Waals surface area contributed by atoms with Crippen LogP contribution >= 0.6 is 0 Å². The molecule has 2 saturated heterocycles. The molecule has 0 amide bonds. The van der Waals surface area contributed by atoms with E-state index in [1.165, 1.54) is 5.56 Å². The monoisotopic (exact) mass is 1040 g/mol. The van der Waals surface area contributed by atoms with Gasteiger partial charge >= 0.3 is 17.9 Å². The number of allylic oxidation sites excluding steroid dienone is 2. The second kappa shape index (κ2) is 19.4. The van der Waals surface area contributed by atoms with Gasteiger partial charge in [-0.1, -0.05) is 106 Å². The number of benzene rings is 1. The number of rotatable bonds is 7. The molecule has 1 aromatic carbocycles. The molecule has 2 aliphatic heterocycles. The lowest BCUT2D eigenvalue weighted by Gasteiger charge is -2.70. The van der Waals surface area contributed by atoms with Crippen LogP contribution < -0.4 is 0 Å². The number of ketones is 1. The molecule has 5 aliphatic carbocycles. The van der Waals surface area contributed by atoms with Crippen molar-refractivity contribution < 1.29 is 84.1 Å². The van der Waals surface area contributed by atoms with Gasteiger partial charge in [0.05, 0.1) is 11.5 Å². The highest BCUT2D eigenvalue weighted by Gasteiger charge is 2.71. The van der Waals surface area contributed by atoms with Crippen LogP contribution in [0.15, 0.2) is 23.8 Å². The van der Waals surface area contributed by atoms with Crippen molar-refractivity contribution in [2.45, 2.75) is 233 Å². The number of aryl methyl sites for hydroxylation is 1. The minimum Gasteiger partial charge on any atom is -0.507 e. The summed E-state index contributed by atoms with van der Waals surface area (Å²) >= 11 is 0. The number of phenols is 1. The number of carboxylic acid groups (broad SMARTS) is 3. The first-order chi connectivity index (χ1) is 33.8. The third-order valence-electron chi connectivity index (χ3n) is 20.1. The standard InChI is InChI=1S/C42H62O16.C15H24O/c1-37(2)21-8-11-42(7)31(20(43)16-18-19-17-39(4,36(53)54)13-12-38(19,3)14-15-41(18,42)6)40(21,5)10-9-22(37)55-35-30(26(47)25(46)29(57-35)33(51)52)58-34-27(48)23(44)24(45)28(56-34)32(49)50;1-10-8-11(14(2,3)4)13(16)12(9-10)15(5,6)7/h16,19,21-31,34-35,44-48H,8-15,17H2,1-7H3,(H,49,50)(H,51,52)(H,53,54);8-9,16H,1-7H3/t19-,21-,22-,23-,24-,25-,26-,27+,28-,29-,30+,31+,34-,35-,38+,39-,40-,41+,42+;/m0./s1. The number of carbonyl (C=O) groups excluding carboxylic acids is 1. The molecule has 9 N–H and O–H groups in total. The number of carboxylic acids is 3. The van der Waals surface area contributed by atoms with Crippen molar-refractivity contribution in [3.63, 3.8) is 0 Å². The highest BCUT2D eigenvalue weighted by molar-refractivity contribution is 5.95. The first-order valence-electron chi connectivity index (χ1n) is 26.6. The Morgan fingerprint density at radius 2 is 1.19 bits per heavy atom. The van der Waals surface area contributed by atoms with Crippen molar-refractivity contribution >= 4 is 23.7 Å². The van der Waals surface area contributed by atoms with Crippen molar-refractivity contribution in [1.82, 2.24) is 0 Å². The predicted molar refractivity (Wildman–Crippen MR) is 270 cm³/mol. The summed E-state index contributed by atoms with van der Waals surface area (Å²) in [6, 6.07) is 4.18. The Labute approximate surface area is 436 Å². The number of aliphatic hydroxyl groups excluding tert-OH is 5. The Morgan fingerprint density at radius 1 is 0.662 bits per heavy atom. The minimum absolute atomic E-state index is 0.0178. The molecule has 416 valence electrons. The molecular weight excluding hydrogens is 957 g/mol. The predicted octanol–water partition coefficient (Wildman–Crippen LogP) is 6.54. The van der Waals surface area contributed by atoms with E-state index < -0.39 is 107 Å². The molecule has 0 bridgehead atoms. The second-order valence-corrected chi connectivity index (χ2v) is 27.3. The number of aliphatic hydroxyl groups is 5. The SMILES string of the molecule is CC1(C)[C@@H](O[C@H]2O[C@H](C(=O)O)[C@@H](O)[C@H](O)[C@H]2O[C@@H]2O[C@H](C(=O)O)[C@@H](O)[C@H](O)[C@H]2O)CC[C@]2(C)[C@H]3C(=O)C=C4[C@@H]5C[C@@](C)(C(=O)O)CC[C@]5(C)CC[C@@]4(C)[C@]3(C)CC[C@@H]12.Cc1cc(C(C)(C)C)c(O)c(C(C)(C)C)c1. The van der Waals surface area contributed by atoms with Gasteiger partial charge in [0, 0.05) is 5.92 Å². The van der Waals surface area contributed by atoms with Gasteiger partial charge in [-0.05, 0) is 139 Å². The Balaban J connectivity index is 0.000000428. The summed E-state index contributed by atoms with van der Waals surface area (Å²) in [5.74, 6) is -4.01.